The number of amides is 1. The van der Waals surface area contributed by atoms with Crippen LogP contribution >= 0.6 is 23.1 Å². The van der Waals surface area contributed by atoms with E-state index >= 15 is 0 Å². The number of aryl methyl sites for hydroxylation is 1. The molecule has 2 aromatic heterocycles. The number of thiazole rings is 1. The summed E-state index contributed by atoms with van der Waals surface area (Å²) >= 11 is 2.52. The van der Waals surface area contributed by atoms with Crippen molar-refractivity contribution >= 4 is 44.0 Å². The maximum absolute atomic E-state index is 12.9. The third-order valence-corrected chi connectivity index (χ3v) is 8.31. The van der Waals surface area contributed by atoms with E-state index in [1.807, 2.05) is 42.6 Å². The van der Waals surface area contributed by atoms with E-state index in [9.17, 15) is 13.2 Å². The maximum Gasteiger partial charge on any atom is 0.236 e. The van der Waals surface area contributed by atoms with Gasteiger partial charge in [-0.05, 0) is 19.1 Å². The topological polar surface area (TPSA) is 107 Å². The SMILES string of the molecule is C=CCn1c(CS(=O)(=O)c2ccc(C)cc2)nnc1SCC(=O)Nc1nc(-c2ccccc2)cs1. The number of nitrogens with zero attached hydrogens (tertiary/aromatic N) is 4. The predicted molar refractivity (Wildman–Crippen MR) is 139 cm³/mol. The minimum Gasteiger partial charge on any atom is -0.301 e. The Morgan fingerprint density at radius 2 is 1.89 bits per heavy atom. The lowest BCUT2D eigenvalue weighted by Gasteiger charge is -2.09. The van der Waals surface area contributed by atoms with Gasteiger partial charge in [0.2, 0.25) is 5.91 Å². The second-order valence-electron chi connectivity index (χ2n) is 7.61. The summed E-state index contributed by atoms with van der Waals surface area (Å²) in [5.74, 6) is -0.183. The van der Waals surface area contributed by atoms with Crippen LogP contribution in [0.1, 0.15) is 11.4 Å². The fraction of sp³-hybridized carbons (Fsp3) is 0.167. The Morgan fingerprint density at radius 3 is 2.60 bits per heavy atom. The molecule has 1 N–H and O–H groups in total. The van der Waals surface area contributed by atoms with E-state index in [4.69, 9.17) is 0 Å². The number of aromatic nitrogens is 4. The van der Waals surface area contributed by atoms with Crippen molar-refractivity contribution in [3.8, 4) is 11.3 Å². The summed E-state index contributed by atoms with van der Waals surface area (Å²) in [7, 11) is -3.60. The first kappa shape index (κ1) is 24.8. The molecule has 4 aromatic rings. The number of nitrogens with one attached hydrogen (secondary N) is 1. The number of anilines is 1. The highest BCUT2D eigenvalue weighted by molar-refractivity contribution is 7.99. The van der Waals surface area contributed by atoms with Crippen LogP contribution in [-0.4, -0.2) is 39.8 Å². The average molecular weight is 526 g/mol. The number of carbonyl (C=O) groups excluding carboxylic acids is 1. The fourth-order valence-electron chi connectivity index (χ4n) is 3.20. The van der Waals surface area contributed by atoms with Crippen molar-refractivity contribution in [2.24, 2.45) is 0 Å². The highest BCUT2D eigenvalue weighted by Crippen LogP contribution is 2.25. The Kier molecular flexibility index (Phi) is 7.79. The summed E-state index contributed by atoms with van der Waals surface area (Å²) in [5.41, 5.74) is 2.75. The molecule has 180 valence electrons. The van der Waals surface area contributed by atoms with Crippen molar-refractivity contribution in [3.05, 3.63) is 84.0 Å². The highest BCUT2D eigenvalue weighted by Gasteiger charge is 2.22. The van der Waals surface area contributed by atoms with Crippen molar-refractivity contribution in [3.63, 3.8) is 0 Å². The van der Waals surface area contributed by atoms with Crippen LogP contribution in [0.25, 0.3) is 11.3 Å². The molecule has 35 heavy (non-hydrogen) atoms. The summed E-state index contributed by atoms with van der Waals surface area (Å²) in [6.07, 6.45) is 1.64. The Labute approximate surface area is 212 Å². The van der Waals surface area contributed by atoms with E-state index in [1.54, 1.807) is 34.9 Å². The molecule has 4 rings (SSSR count). The minimum atomic E-state index is -3.60. The zero-order valence-corrected chi connectivity index (χ0v) is 21.4. The molecular formula is C24H23N5O3S3. The van der Waals surface area contributed by atoms with E-state index in [-0.39, 0.29) is 22.3 Å². The normalized spacial score (nSPS) is 11.3. The zero-order chi connectivity index (χ0) is 24.8. The molecule has 2 aromatic carbocycles. The molecule has 2 heterocycles. The molecule has 0 aliphatic heterocycles. The second kappa shape index (κ2) is 11.0. The molecule has 0 aliphatic rings. The van der Waals surface area contributed by atoms with Crippen LogP contribution < -0.4 is 5.32 Å². The van der Waals surface area contributed by atoms with E-state index < -0.39 is 9.84 Å². The van der Waals surface area contributed by atoms with Gasteiger partial charge in [-0.25, -0.2) is 13.4 Å². The van der Waals surface area contributed by atoms with E-state index in [2.05, 4.69) is 27.1 Å². The van der Waals surface area contributed by atoms with Gasteiger partial charge < -0.3 is 9.88 Å². The van der Waals surface area contributed by atoms with Crippen LogP contribution in [0, 0.1) is 6.92 Å². The summed E-state index contributed by atoms with van der Waals surface area (Å²) in [5, 5.41) is 13.8. The van der Waals surface area contributed by atoms with Crippen molar-refractivity contribution in [2.75, 3.05) is 11.1 Å². The first-order chi connectivity index (χ1) is 16.9. The van der Waals surface area contributed by atoms with Gasteiger partial charge in [-0.15, -0.1) is 28.1 Å². The van der Waals surface area contributed by atoms with Crippen molar-refractivity contribution in [1.29, 1.82) is 0 Å². The standard InChI is InChI=1S/C24H23N5O3S3/c1-3-13-29-21(16-35(31,32)19-11-9-17(2)10-12-19)27-28-24(29)34-15-22(30)26-23-25-20(14-33-23)18-7-5-4-6-8-18/h3-12,14H,1,13,15-16H2,2H3,(H,25,26,30). The predicted octanol–water partition coefficient (Wildman–Crippen LogP) is 4.60. The Bertz CT molecular complexity index is 1430. The fourth-order valence-corrected chi connectivity index (χ4v) is 5.98. The third-order valence-electron chi connectivity index (χ3n) is 4.96. The molecule has 0 bridgehead atoms. The molecule has 0 spiro atoms. The van der Waals surface area contributed by atoms with E-state index in [0.717, 1.165) is 16.8 Å². The molecule has 0 saturated heterocycles. The Balaban J connectivity index is 1.41. The molecule has 1 amide bonds. The molecule has 0 unspecified atom stereocenters. The van der Waals surface area contributed by atoms with Gasteiger partial charge >= 0.3 is 0 Å². The summed E-state index contributed by atoms with van der Waals surface area (Å²) < 4.78 is 27.4. The smallest absolute Gasteiger partial charge is 0.236 e. The van der Waals surface area contributed by atoms with E-state index in [0.29, 0.717) is 22.7 Å². The zero-order valence-electron chi connectivity index (χ0n) is 18.9. The summed E-state index contributed by atoms with van der Waals surface area (Å²) in [6, 6.07) is 16.4. The van der Waals surface area contributed by atoms with Gasteiger partial charge in [0, 0.05) is 17.5 Å². The van der Waals surface area contributed by atoms with Crippen molar-refractivity contribution in [1.82, 2.24) is 19.7 Å². The number of benzene rings is 2. The molecule has 0 radical (unpaired) electrons. The van der Waals surface area contributed by atoms with Gasteiger partial charge in [-0.3, -0.25) is 4.79 Å². The van der Waals surface area contributed by atoms with Gasteiger partial charge in [0.05, 0.1) is 16.3 Å². The highest BCUT2D eigenvalue weighted by atomic mass is 32.2. The van der Waals surface area contributed by atoms with Gasteiger partial charge in [-0.1, -0.05) is 65.9 Å². The van der Waals surface area contributed by atoms with Crippen LogP contribution in [0.4, 0.5) is 5.13 Å². The van der Waals surface area contributed by atoms with Crippen LogP contribution in [0.2, 0.25) is 0 Å². The number of sulfone groups is 1. The minimum absolute atomic E-state index is 0.0697. The maximum atomic E-state index is 12.9. The number of allylic oxidation sites excluding steroid dienone is 1. The lowest BCUT2D eigenvalue weighted by Crippen LogP contribution is -2.15. The van der Waals surface area contributed by atoms with Gasteiger partial charge in [0.1, 0.15) is 11.6 Å². The van der Waals surface area contributed by atoms with E-state index in [1.165, 1.54) is 23.1 Å². The first-order valence-corrected chi connectivity index (χ1v) is 14.1. The van der Waals surface area contributed by atoms with Gasteiger partial charge in [0.15, 0.2) is 20.1 Å². The largest absolute Gasteiger partial charge is 0.301 e. The first-order valence-electron chi connectivity index (χ1n) is 10.6. The average Bonchev–Trinajstić information content (AvgIpc) is 3.46. The molecule has 8 nitrogen and oxygen atoms in total. The molecule has 0 fully saturated rings. The number of hydrogen-bond donors (Lipinski definition) is 1. The summed E-state index contributed by atoms with van der Waals surface area (Å²) in [4.78, 5) is 17.2. The molecule has 0 saturated carbocycles. The summed E-state index contributed by atoms with van der Waals surface area (Å²) in [6.45, 7) is 5.96. The molecule has 0 aliphatic carbocycles. The lowest BCUT2D eigenvalue weighted by atomic mass is 10.2. The Hall–Kier alpha value is -3.28. The second-order valence-corrected chi connectivity index (χ2v) is 11.4. The quantitative estimate of drug-likeness (QED) is 0.238. The molecular weight excluding hydrogens is 502 g/mol. The third kappa shape index (κ3) is 6.24. The van der Waals surface area contributed by atoms with Crippen LogP contribution in [0.5, 0.6) is 0 Å². The van der Waals surface area contributed by atoms with Crippen molar-refractivity contribution < 1.29 is 13.2 Å². The molecule has 0 atom stereocenters. The monoisotopic (exact) mass is 525 g/mol. The number of carbonyl (C=O) groups is 1. The lowest BCUT2D eigenvalue weighted by molar-refractivity contribution is -0.113. The number of hydrogen-bond acceptors (Lipinski definition) is 8. The molecule has 11 heteroatoms. The van der Waals surface area contributed by atoms with Gasteiger partial charge in [0.25, 0.3) is 0 Å². The van der Waals surface area contributed by atoms with Crippen LogP contribution in [-0.2, 0) is 26.9 Å². The Morgan fingerprint density at radius 1 is 1.14 bits per heavy atom. The number of rotatable bonds is 10. The number of thioether (sulfide) groups is 1. The van der Waals surface area contributed by atoms with Gasteiger partial charge in [-0.2, -0.15) is 0 Å². The van der Waals surface area contributed by atoms with Crippen molar-refractivity contribution in [2.45, 2.75) is 29.3 Å². The van der Waals surface area contributed by atoms with Crippen LogP contribution in [0.3, 0.4) is 0 Å². The van der Waals surface area contributed by atoms with Crippen LogP contribution in [0.15, 0.2) is 82.7 Å².